The molecule has 0 aromatic heterocycles. The second-order valence-corrected chi connectivity index (χ2v) is 6.37. The normalized spacial score (nSPS) is 14.8. The largest absolute Gasteiger partial charge is 0.491 e. The summed E-state index contributed by atoms with van der Waals surface area (Å²) in [4.78, 5) is 0. The summed E-state index contributed by atoms with van der Waals surface area (Å²) in [6, 6.07) is 7.99. The molecule has 1 saturated carbocycles. The van der Waals surface area contributed by atoms with Gasteiger partial charge in [0.2, 0.25) is 0 Å². The van der Waals surface area contributed by atoms with Crippen molar-refractivity contribution in [2.75, 3.05) is 6.61 Å². The van der Waals surface area contributed by atoms with Crippen molar-refractivity contribution in [3.05, 3.63) is 29.6 Å². The first-order valence-corrected chi connectivity index (χ1v) is 7.56. The van der Waals surface area contributed by atoms with Crippen molar-refractivity contribution in [3.8, 4) is 11.8 Å². The monoisotopic (exact) mass is 290 g/mol. The molecule has 21 heavy (non-hydrogen) atoms. The van der Waals surface area contributed by atoms with Gasteiger partial charge in [-0.2, -0.15) is 5.26 Å². The van der Waals surface area contributed by atoms with Gasteiger partial charge >= 0.3 is 0 Å². The molecule has 0 heterocycles. The molecule has 0 bridgehead atoms. The Morgan fingerprint density at radius 2 is 2.19 bits per heavy atom. The topological polar surface area (TPSA) is 45.0 Å². The Hall–Kier alpha value is -1.60. The fourth-order valence-corrected chi connectivity index (χ4v) is 2.07. The molecule has 1 fully saturated rings. The van der Waals surface area contributed by atoms with Crippen LogP contribution in [0.5, 0.6) is 5.75 Å². The number of halogens is 1. The Kier molecular flexibility index (Phi) is 5.19. The highest BCUT2D eigenvalue weighted by Gasteiger charge is 2.20. The number of rotatable bonds is 8. The van der Waals surface area contributed by atoms with Crippen LogP contribution in [0.4, 0.5) is 4.39 Å². The molecular weight excluding hydrogens is 267 g/mol. The van der Waals surface area contributed by atoms with Crippen LogP contribution in [-0.2, 0) is 6.54 Å². The quantitative estimate of drug-likeness (QED) is 0.741. The molecule has 1 aromatic rings. The number of benzene rings is 1. The van der Waals surface area contributed by atoms with E-state index < -0.39 is 0 Å². The first-order valence-electron chi connectivity index (χ1n) is 7.56. The number of hydrogen-bond donors (Lipinski definition) is 1. The molecule has 0 spiro atoms. The molecule has 114 valence electrons. The van der Waals surface area contributed by atoms with Crippen molar-refractivity contribution in [2.45, 2.75) is 52.1 Å². The van der Waals surface area contributed by atoms with Crippen LogP contribution < -0.4 is 10.1 Å². The molecular formula is C17H23FN2O. The molecule has 4 heteroatoms. The Bertz CT molecular complexity index is 518. The van der Waals surface area contributed by atoms with Gasteiger partial charge in [0.05, 0.1) is 18.1 Å². The third-order valence-corrected chi connectivity index (χ3v) is 3.67. The highest BCUT2D eigenvalue weighted by atomic mass is 19.1. The number of ether oxygens (including phenoxy) is 1. The van der Waals surface area contributed by atoms with Crippen molar-refractivity contribution in [3.63, 3.8) is 0 Å². The molecule has 3 nitrogen and oxygen atoms in total. The van der Waals surface area contributed by atoms with Crippen LogP contribution in [0.2, 0.25) is 0 Å². The molecule has 0 radical (unpaired) electrons. The third-order valence-electron chi connectivity index (χ3n) is 3.67. The Labute approximate surface area is 126 Å². The minimum absolute atomic E-state index is 0.292. The molecule has 1 aliphatic rings. The number of nitrogens with zero attached hydrogens (tertiary/aromatic N) is 1. The maximum atomic E-state index is 13.9. The van der Waals surface area contributed by atoms with Gasteiger partial charge < -0.3 is 10.1 Å². The van der Waals surface area contributed by atoms with Gasteiger partial charge in [-0.3, -0.25) is 0 Å². The van der Waals surface area contributed by atoms with Gasteiger partial charge in [0, 0.05) is 12.6 Å². The molecule has 0 atom stereocenters. The lowest BCUT2D eigenvalue weighted by atomic mass is 9.90. The van der Waals surface area contributed by atoms with E-state index in [0.717, 1.165) is 18.4 Å². The van der Waals surface area contributed by atoms with E-state index in [0.29, 0.717) is 24.9 Å². The zero-order valence-corrected chi connectivity index (χ0v) is 12.8. The van der Waals surface area contributed by atoms with Gasteiger partial charge in [-0.1, -0.05) is 6.07 Å². The Morgan fingerprint density at radius 1 is 1.43 bits per heavy atom. The second-order valence-electron chi connectivity index (χ2n) is 6.37. The summed E-state index contributed by atoms with van der Waals surface area (Å²) in [5.41, 5.74) is 0.595. The fraction of sp³-hybridized carbons (Fsp3) is 0.588. The summed E-state index contributed by atoms with van der Waals surface area (Å²) in [5, 5.41) is 12.3. The van der Waals surface area contributed by atoms with Crippen LogP contribution in [0.3, 0.4) is 0 Å². The van der Waals surface area contributed by atoms with Gasteiger partial charge in [0.15, 0.2) is 11.6 Å². The van der Waals surface area contributed by atoms with Gasteiger partial charge in [0.25, 0.3) is 0 Å². The first kappa shape index (κ1) is 15.8. The Balaban J connectivity index is 1.76. The maximum absolute atomic E-state index is 13.9. The molecule has 1 aromatic carbocycles. The van der Waals surface area contributed by atoms with Crippen molar-refractivity contribution >= 4 is 0 Å². The molecule has 0 aliphatic heterocycles. The molecule has 2 rings (SSSR count). The zero-order chi connectivity index (χ0) is 15.3. The van der Waals surface area contributed by atoms with Crippen LogP contribution in [0.15, 0.2) is 18.2 Å². The minimum atomic E-state index is -0.347. The summed E-state index contributed by atoms with van der Waals surface area (Å²) in [5.74, 6) is -0.0235. The average Bonchev–Trinajstić information content (AvgIpc) is 3.27. The van der Waals surface area contributed by atoms with Gasteiger partial charge in [0.1, 0.15) is 0 Å². The highest BCUT2D eigenvalue weighted by Crippen LogP contribution is 2.23. The van der Waals surface area contributed by atoms with Crippen LogP contribution in [-0.4, -0.2) is 12.6 Å². The van der Waals surface area contributed by atoms with Gasteiger partial charge in [-0.05, 0) is 57.2 Å². The number of nitriles is 1. The molecule has 0 saturated heterocycles. The molecule has 1 N–H and O–H groups in total. The second kappa shape index (κ2) is 6.91. The van der Waals surface area contributed by atoms with E-state index in [-0.39, 0.29) is 11.2 Å². The van der Waals surface area contributed by atoms with Gasteiger partial charge in [-0.25, -0.2) is 4.39 Å². The van der Waals surface area contributed by atoms with Crippen LogP contribution in [0, 0.1) is 22.6 Å². The first-order chi connectivity index (χ1) is 10.00. The van der Waals surface area contributed by atoms with Crippen LogP contribution in [0.25, 0.3) is 0 Å². The summed E-state index contributed by atoms with van der Waals surface area (Å²) < 4.78 is 19.4. The Morgan fingerprint density at radius 3 is 2.81 bits per heavy atom. The van der Waals surface area contributed by atoms with Crippen LogP contribution in [0.1, 0.15) is 45.1 Å². The zero-order valence-electron chi connectivity index (χ0n) is 12.8. The van der Waals surface area contributed by atoms with Crippen molar-refractivity contribution in [1.29, 1.82) is 5.26 Å². The van der Waals surface area contributed by atoms with E-state index in [1.807, 2.05) is 19.9 Å². The van der Waals surface area contributed by atoms with E-state index in [1.54, 1.807) is 6.07 Å². The predicted molar refractivity (Wildman–Crippen MR) is 80.4 cm³/mol. The smallest absolute Gasteiger partial charge is 0.165 e. The number of nitrogens with one attached hydrogen (secondary N) is 1. The van der Waals surface area contributed by atoms with Crippen molar-refractivity contribution < 1.29 is 9.13 Å². The van der Waals surface area contributed by atoms with E-state index in [2.05, 4.69) is 11.4 Å². The highest BCUT2D eigenvalue weighted by molar-refractivity contribution is 5.29. The van der Waals surface area contributed by atoms with Gasteiger partial charge in [-0.15, -0.1) is 0 Å². The summed E-state index contributed by atoms with van der Waals surface area (Å²) >= 11 is 0. The van der Waals surface area contributed by atoms with E-state index >= 15 is 0 Å². The lowest BCUT2D eigenvalue weighted by Crippen LogP contribution is -2.15. The molecule has 0 amide bonds. The van der Waals surface area contributed by atoms with Crippen molar-refractivity contribution in [2.24, 2.45) is 5.41 Å². The fourth-order valence-electron chi connectivity index (χ4n) is 2.07. The summed E-state index contributed by atoms with van der Waals surface area (Å²) in [6.07, 6.45) is 3.94. The third kappa shape index (κ3) is 5.35. The summed E-state index contributed by atoms with van der Waals surface area (Å²) in [6.45, 7) is 4.93. The van der Waals surface area contributed by atoms with Crippen LogP contribution >= 0.6 is 0 Å². The standard InChI is InChI=1S/C17H23FN2O/c1-17(2,12-19)8-3-9-21-16-7-4-13(10-15(16)18)11-20-14-5-6-14/h4,7,10,14,20H,3,5-6,8-9,11H2,1-2H3. The summed E-state index contributed by atoms with van der Waals surface area (Å²) in [7, 11) is 0. The van der Waals surface area contributed by atoms with E-state index in [4.69, 9.17) is 10.00 Å². The molecule has 0 unspecified atom stereocenters. The predicted octanol–water partition coefficient (Wildman–Crippen LogP) is 3.79. The SMILES string of the molecule is CC(C)(C#N)CCCOc1ccc(CNC2CC2)cc1F. The van der Waals surface area contributed by atoms with E-state index in [9.17, 15) is 4.39 Å². The lowest BCUT2D eigenvalue weighted by molar-refractivity contribution is 0.273. The number of hydrogen-bond acceptors (Lipinski definition) is 3. The maximum Gasteiger partial charge on any atom is 0.165 e. The molecule has 1 aliphatic carbocycles. The average molecular weight is 290 g/mol. The van der Waals surface area contributed by atoms with E-state index in [1.165, 1.54) is 18.9 Å². The minimum Gasteiger partial charge on any atom is -0.491 e. The lowest BCUT2D eigenvalue weighted by Gasteiger charge is -2.15. The van der Waals surface area contributed by atoms with Crippen molar-refractivity contribution in [1.82, 2.24) is 5.32 Å².